The van der Waals surface area contributed by atoms with Crippen LogP contribution in [0.3, 0.4) is 0 Å². The van der Waals surface area contributed by atoms with E-state index in [-0.39, 0.29) is 11.3 Å². The monoisotopic (exact) mass is 233 g/mol. The highest BCUT2D eigenvalue weighted by Gasteiger charge is 2.33. The SMILES string of the molecule is N#Cc1cc(N)c(OC(F)(F)F)nc1CO. The number of alkyl halides is 3. The van der Waals surface area contributed by atoms with Gasteiger partial charge in [-0.2, -0.15) is 5.26 Å². The van der Waals surface area contributed by atoms with Gasteiger partial charge < -0.3 is 15.6 Å². The number of nitrogens with zero attached hydrogens (tertiary/aromatic N) is 2. The minimum Gasteiger partial charge on any atom is -0.394 e. The number of aliphatic hydroxyl groups is 1. The van der Waals surface area contributed by atoms with Gasteiger partial charge in [-0.05, 0) is 6.07 Å². The molecule has 1 rings (SSSR count). The van der Waals surface area contributed by atoms with Gasteiger partial charge >= 0.3 is 6.36 Å². The lowest BCUT2D eigenvalue weighted by molar-refractivity contribution is -0.275. The van der Waals surface area contributed by atoms with Crippen molar-refractivity contribution in [1.82, 2.24) is 4.98 Å². The van der Waals surface area contributed by atoms with Crippen LogP contribution in [0.25, 0.3) is 0 Å². The molecule has 3 N–H and O–H groups in total. The van der Waals surface area contributed by atoms with E-state index in [1.165, 1.54) is 0 Å². The number of halogens is 3. The first kappa shape index (κ1) is 12.1. The maximum atomic E-state index is 11.9. The van der Waals surface area contributed by atoms with E-state index in [0.29, 0.717) is 0 Å². The van der Waals surface area contributed by atoms with Crippen molar-refractivity contribution in [2.45, 2.75) is 13.0 Å². The molecule has 0 saturated heterocycles. The Labute approximate surface area is 87.9 Å². The zero-order chi connectivity index (χ0) is 12.3. The molecule has 0 aliphatic carbocycles. The zero-order valence-electron chi connectivity index (χ0n) is 7.75. The highest BCUT2D eigenvalue weighted by molar-refractivity contribution is 5.54. The van der Waals surface area contributed by atoms with Gasteiger partial charge in [-0.15, -0.1) is 13.2 Å². The molecule has 0 unspecified atom stereocenters. The molecule has 0 radical (unpaired) electrons. The average Bonchev–Trinajstić information content (AvgIpc) is 2.18. The number of rotatable bonds is 2. The second-order valence-electron chi connectivity index (χ2n) is 2.69. The van der Waals surface area contributed by atoms with Gasteiger partial charge in [0.2, 0.25) is 5.88 Å². The van der Waals surface area contributed by atoms with Gasteiger partial charge in [-0.25, -0.2) is 4.98 Å². The van der Waals surface area contributed by atoms with E-state index in [4.69, 9.17) is 16.1 Å². The Bertz CT molecular complexity index is 439. The van der Waals surface area contributed by atoms with Crippen molar-refractivity contribution in [1.29, 1.82) is 5.26 Å². The number of aromatic nitrogens is 1. The largest absolute Gasteiger partial charge is 0.574 e. The van der Waals surface area contributed by atoms with Gasteiger partial charge in [-0.1, -0.05) is 0 Å². The van der Waals surface area contributed by atoms with Crippen LogP contribution in [0.2, 0.25) is 0 Å². The molecular weight excluding hydrogens is 227 g/mol. The molecule has 0 fully saturated rings. The first-order valence-electron chi connectivity index (χ1n) is 3.93. The Kier molecular flexibility index (Phi) is 3.20. The van der Waals surface area contributed by atoms with Crippen molar-refractivity contribution < 1.29 is 23.0 Å². The summed E-state index contributed by atoms with van der Waals surface area (Å²) in [5, 5.41) is 17.3. The summed E-state index contributed by atoms with van der Waals surface area (Å²) >= 11 is 0. The molecule has 86 valence electrons. The number of nitriles is 1. The summed E-state index contributed by atoms with van der Waals surface area (Å²) in [5.41, 5.74) is 4.45. The van der Waals surface area contributed by atoms with Gasteiger partial charge in [0.15, 0.2) is 0 Å². The molecule has 0 saturated carbocycles. The molecule has 0 spiro atoms. The Morgan fingerprint density at radius 3 is 2.62 bits per heavy atom. The van der Waals surface area contributed by atoms with Crippen molar-refractivity contribution in [3.8, 4) is 11.9 Å². The second kappa shape index (κ2) is 4.24. The fraction of sp³-hybridized carbons (Fsp3) is 0.250. The lowest BCUT2D eigenvalue weighted by Crippen LogP contribution is -2.19. The Morgan fingerprint density at radius 2 is 2.19 bits per heavy atom. The van der Waals surface area contributed by atoms with Gasteiger partial charge in [0, 0.05) is 0 Å². The summed E-state index contributed by atoms with van der Waals surface area (Å²) in [6.45, 7) is -0.683. The number of anilines is 1. The number of nitrogen functional groups attached to an aromatic ring is 1. The van der Waals surface area contributed by atoms with Crippen LogP contribution in [-0.4, -0.2) is 16.5 Å². The topological polar surface area (TPSA) is 92.2 Å². The molecule has 0 aromatic carbocycles. The highest BCUT2D eigenvalue weighted by atomic mass is 19.4. The lowest BCUT2D eigenvalue weighted by Gasteiger charge is -2.11. The van der Waals surface area contributed by atoms with Crippen molar-refractivity contribution in [3.05, 3.63) is 17.3 Å². The number of ether oxygens (including phenoxy) is 1. The molecule has 0 atom stereocenters. The highest BCUT2D eigenvalue weighted by Crippen LogP contribution is 2.27. The van der Waals surface area contributed by atoms with Crippen molar-refractivity contribution >= 4 is 5.69 Å². The molecule has 16 heavy (non-hydrogen) atoms. The molecule has 0 aliphatic rings. The number of pyridine rings is 1. The average molecular weight is 233 g/mol. The summed E-state index contributed by atoms with van der Waals surface area (Å²) in [4.78, 5) is 3.31. The van der Waals surface area contributed by atoms with Gasteiger partial charge in [0.05, 0.1) is 23.6 Å². The molecule has 1 aromatic rings. The molecule has 0 amide bonds. The summed E-state index contributed by atoms with van der Waals surface area (Å²) in [7, 11) is 0. The normalized spacial score (nSPS) is 10.9. The molecule has 0 bridgehead atoms. The standard InChI is InChI=1S/C8H6F3N3O2/c9-8(10,11)16-7-5(13)1-4(2-12)6(3-15)14-7/h1,15H,3,13H2. The van der Waals surface area contributed by atoms with Crippen molar-refractivity contribution in [2.75, 3.05) is 5.73 Å². The Balaban J connectivity index is 3.18. The predicted molar refractivity (Wildman–Crippen MR) is 46.0 cm³/mol. The summed E-state index contributed by atoms with van der Waals surface area (Å²) in [5.74, 6) is -0.879. The first-order valence-corrected chi connectivity index (χ1v) is 3.93. The summed E-state index contributed by atoms with van der Waals surface area (Å²) < 4.78 is 39.2. The maximum Gasteiger partial charge on any atom is 0.574 e. The van der Waals surface area contributed by atoms with E-state index < -0.39 is 24.5 Å². The van der Waals surface area contributed by atoms with Gasteiger partial charge in [-0.3, -0.25) is 0 Å². The molecular formula is C8H6F3N3O2. The van der Waals surface area contributed by atoms with Crippen molar-refractivity contribution in [3.63, 3.8) is 0 Å². The summed E-state index contributed by atoms with van der Waals surface area (Å²) in [6, 6.07) is 2.60. The van der Waals surface area contributed by atoms with E-state index in [2.05, 4.69) is 9.72 Å². The number of hydrogen-bond donors (Lipinski definition) is 2. The Hall–Kier alpha value is -2.01. The third-order valence-corrected chi connectivity index (χ3v) is 1.58. The predicted octanol–water partition coefficient (Wildman–Crippen LogP) is 0.926. The van der Waals surface area contributed by atoms with Crippen LogP contribution in [0, 0.1) is 11.3 Å². The lowest BCUT2D eigenvalue weighted by atomic mass is 10.2. The van der Waals surface area contributed by atoms with E-state index in [1.54, 1.807) is 6.07 Å². The third kappa shape index (κ3) is 2.74. The fourth-order valence-corrected chi connectivity index (χ4v) is 0.957. The van der Waals surface area contributed by atoms with E-state index in [9.17, 15) is 13.2 Å². The summed E-state index contributed by atoms with van der Waals surface area (Å²) in [6.07, 6.45) is -4.93. The smallest absolute Gasteiger partial charge is 0.394 e. The van der Waals surface area contributed by atoms with Crippen molar-refractivity contribution in [2.24, 2.45) is 0 Å². The fourth-order valence-electron chi connectivity index (χ4n) is 0.957. The Morgan fingerprint density at radius 1 is 1.56 bits per heavy atom. The molecule has 0 aliphatic heterocycles. The van der Waals surface area contributed by atoms with Crippen LogP contribution in [0.1, 0.15) is 11.3 Å². The van der Waals surface area contributed by atoms with E-state index in [1.807, 2.05) is 0 Å². The minimum absolute atomic E-state index is 0.102. The van der Waals surface area contributed by atoms with Crippen LogP contribution < -0.4 is 10.5 Å². The molecule has 1 aromatic heterocycles. The van der Waals surface area contributed by atoms with Crippen LogP contribution in [-0.2, 0) is 6.61 Å². The van der Waals surface area contributed by atoms with Crippen LogP contribution in [0.5, 0.6) is 5.88 Å². The van der Waals surface area contributed by atoms with Crippen LogP contribution in [0.15, 0.2) is 6.07 Å². The third-order valence-electron chi connectivity index (χ3n) is 1.58. The minimum atomic E-state index is -4.93. The van der Waals surface area contributed by atoms with Gasteiger partial charge in [0.1, 0.15) is 6.07 Å². The number of nitrogens with two attached hydrogens (primary N) is 1. The first-order chi connectivity index (χ1) is 7.37. The second-order valence-corrected chi connectivity index (χ2v) is 2.69. The number of aliphatic hydroxyl groups excluding tert-OH is 1. The van der Waals surface area contributed by atoms with Gasteiger partial charge in [0.25, 0.3) is 0 Å². The van der Waals surface area contributed by atoms with Crippen LogP contribution in [0.4, 0.5) is 18.9 Å². The molecule has 5 nitrogen and oxygen atoms in total. The molecule has 1 heterocycles. The maximum absolute atomic E-state index is 11.9. The number of hydrogen-bond acceptors (Lipinski definition) is 5. The van der Waals surface area contributed by atoms with Crippen LogP contribution >= 0.6 is 0 Å². The van der Waals surface area contributed by atoms with E-state index in [0.717, 1.165) is 6.07 Å². The molecule has 8 heteroatoms. The van der Waals surface area contributed by atoms with E-state index >= 15 is 0 Å². The zero-order valence-corrected chi connectivity index (χ0v) is 7.75. The quantitative estimate of drug-likeness (QED) is 0.792.